The molecule has 0 bridgehead atoms. The molecular formula is C26H28FN5O3. The summed E-state index contributed by atoms with van der Waals surface area (Å²) < 4.78 is 14.8. The molecular weight excluding hydrogens is 449 g/mol. The van der Waals surface area contributed by atoms with Crippen molar-refractivity contribution in [2.24, 2.45) is 0 Å². The summed E-state index contributed by atoms with van der Waals surface area (Å²) in [5.74, 6) is -0.205. The summed E-state index contributed by atoms with van der Waals surface area (Å²) >= 11 is 0. The fourth-order valence-electron chi connectivity index (χ4n) is 4.16. The minimum atomic E-state index is -0.519. The minimum Gasteiger partial charge on any atom is -0.508 e. The highest BCUT2D eigenvalue weighted by molar-refractivity contribution is 5.95. The molecule has 182 valence electrons. The number of aromatic hydroxyl groups is 1. The third-order valence-corrected chi connectivity index (χ3v) is 6.18. The fraction of sp³-hybridized carbons (Fsp3) is 0.308. The van der Waals surface area contributed by atoms with Crippen LogP contribution in [0.15, 0.2) is 54.6 Å². The molecule has 1 N–H and O–H groups in total. The number of hydrogen-bond acceptors (Lipinski definition) is 6. The molecule has 0 radical (unpaired) electrons. The number of carbonyl (C=O) groups is 2. The molecule has 2 aromatic carbocycles. The lowest BCUT2D eigenvalue weighted by atomic mass is 10.0. The molecule has 1 aromatic heterocycles. The SMILES string of the molecule is CCN(CC)C(=O)c1ccc(N2CCN(C(=O)c3ccc(-c4cccc(O)c4)c(F)c3)CC2)nn1. The maximum absolute atomic E-state index is 14.8. The number of amides is 2. The number of phenolic OH excluding ortho intramolecular Hbond substituents is 1. The highest BCUT2D eigenvalue weighted by atomic mass is 19.1. The second kappa shape index (κ2) is 10.5. The molecule has 1 aliphatic heterocycles. The number of piperazine rings is 1. The van der Waals surface area contributed by atoms with Gasteiger partial charge < -0.3 is 19.8 Å². The number of hydrogen-bond donors (Lipinski definition) is 1. The van der Waals surface area contributed by atoms with Crippen LogP contribution < -0.4 is 4.90 Å². The van der Waals surface area contributed by atoms with Crippen molar-refractivity contribution in [2.75, 3.05) is 44.2 Å². The van der Waals surface area contributed by atoms with E-state index in [0.29, 0.717) is 61.9 Å². The van der Waals surface area contributed by atoms with Crippen molar-refractivity contribution in [3.63, 3.8) is 0 Å². The Kier molecular flexibility index (Phi) is 7.24. The number of halogens is 1. The van der Waals surface area contributed by atoms with Gasteiger partial charge in [-0.1, -0.05) is 18.2 Å². The fourth-order valence-corrected chi connectivity index (χ4v) is 4.16. The topological polar surface area (TPSA) is 89.9 Å². The number of anilines is 1. The zero-order valence-electron chi connectivity index (χ0n) is 19.8. The van der Waals surface area contributed by atoms with Crippen LogP contribution in [0.2, 0.25) is 0 Å². The maximum Gasteiger partial charge on any atom is 0.274 e. The van der Waals surface area contributed by atoms with Gasteiger partial charge in [-0.3, -0.25) is 9.59 Å². The van der Waals surface area contributed by atoms with Gasteiger partial charge in [0.05, 0.1) is 0 Å². The van der Waals surface area contributed by atoms with E-state index in [1.807, 2.05) is 18.7 Å². The highest BCUT2D eigenvalue weighted by Crippen LogP contribution is 2.27. The molecule has 2 amide bonds. The van der Waals surface area contributed by atoms with Crippen molar-refractivity contribution in [1.82, 2.24) is 20.0 Å². The largest absolute Gasteiger partial charge is 0.508 e. The van der Waals surface area contributed by atoms with Crippen LogP contribution in [0.25, 0.3) is 11.1 Å². The number of benzene rings is 2. The number of rotatable bonds is 6. The zero-order valence-corrected chi connectivity index (χ0v) is 19.8. The van der Waals surface area contributed by atoms with E-state index < -0.39 is 5.82 Å². The van der Waals surface area contributed by atoms with Gasteiger partial charge in [-0.2, -0.15) is 0 Å². The molecule has 2 heterocycles. The smallest absolute Gasteiger partial charge is 0.274 e. The maximum atomic E-state index is 14.8. The lowest BCUT2D eigenvalue weighted by Gasteiger charge is -2.35. The number of carbonyl (C=O) groups excluding carboxylic acids is 2. The molecule has 0 atom stereocenters. The van der Waals surface area contributed by atoms with Gasteiger partial charge in [0.15, 0.2) is 11.5 Å². The normalized spacial score (nSPS) is 13.6. The molecule has 1 saturated heterocycles. The van der Waals surface area contributed by atoms with Gasteiger partial charge in [0.2, 0.25) is 0 Å². The van der Waals surface area contributed by atoms with Crippen molar-refractivity contribution in [1.29, 1.82) is 0 Å². The molecule has 3 aromatic rings. The van der Waals surface area contributed by atoms with Gasteiger partial charge in [0, 0.05) is 50.4 Å². The van der Waals surface area contributed by atoms with Gasteiger partial charge >= 0.3 is 0 Å². The first-order chi connectivity index (χ1) is 16.9. The predicted octanol–water partition coefficient (Wildman–Crippen LogP) is 3.43. The van der Waals surface area contributed by atoms with E-state index in [1.54, 1.807) is 46.2 Å². The van der Waals surface area contributed by atoms with Gasteiger partial charge in [-0.25, -0.2) is 4.39 Å². The Balaban J connectivity index is 1.38. The first-order valence-electron chi connectivity index (χ1n) is 11.7. The first kappa shape index (κ1) is 24.1. The molecule has 0 spiro atoms. The van der Waals surface area contributed by atoms with Crippen LogP contribution in [0.4, 0.5) is 10.2 Å². The van der Waals surface area contributed by atoms with Gasteiger partial charge in [0.25, 0.3) is 11.8 Å². The Bertz CT molecular complexity index is 1210. The summed E-state index contributed by atoms with van der Waals surface area (Å²) in [5, 5.41) is 18.0. The van der Waals surface area contributed by atoms with Crippen LogP contribution in [0.3, 0.4) is 0 Å². The second-order valence-electron chi connectivity index (χ2n) is 8.28. The number of phenols is 1. The van der Waals surface area contributed by atoms with Crippen LogP contribution in [0, 0.1) is 5.82 Å². The molecule has 0 unspecified atom stereocenters. The van der Waals surface area contributed by atoms with Gasteiger partial charge in [0.1, 0.15) is 11.6 Å². The number of nitrogens with zero attached hydrogens (tertiary/aromatic N) is 5. The van der Waals surface area contributed by atoms with Gasteiger partial charge in [-0.15, -0.1) is 10.2 Å². The van der Waals surface area contributed by atoms with Crippen molar-refractivity contribution >= 4 is 17.6 Å². The Morgan fingerprint density at radius 2 is 1.71 bits per heavy atom. The van der Waals surface area contributed by atoms with Crippen LogP contribution in [0.1, 0.15) is 34.7 Å². The summed E-state index contributed by atoms with van der Waals surface area (Å²) in [6, 6.07) is 14.2. The molecule has 1 aliphatic rings. The van der Waals surface area contributed by atoms with Crippen molar-refractivity contribution < 1.29 is 19.1 Å². The van der Waals surface area contributed by atoms with Crippen molar-refractivity contribution in [2.45, 2.75) is 13.8 Å². The first-order valence-corrected chi connectivity index (χ1v) is 11.7. The molecule has 4 rings (SSSR count). The second-order valence-corrected chi connectivity index (χ2v) is 8.28. The standard InChI is InChI=1S/C26H28FN5O3/c1-3-30(4-2)26(35)23-10-11-24(29-28-23)31-12-14-32(15-13-31)25(34)19-8-9-21(22(27)17-19)18-6-5-7-20(33)16-18/h5-11,16-17,33H,3-4,12-15H2,1-2H3. The Morgan fingerprint density at radius 1 is 0.971 bits per heavy atom. The van der Waals surface area contributed by atoms with E-state index in [0.717, 1.165) is 0 Å². The van der Waals surface area contributed by atoms with E-state index in [-0.39, 0.29) is 23.1 Å². The minimum absolute atomic E-state index is 0.0507. The summed E-state index contributed by atoms with van der Waals surface area (Å²) in [6.07, 6.45) is 0. The summed E-state index contributed by atoms with van der Waals surface area (Å²) in [6.45, 7) is 7.06. The third-order valence-electron chi connectivity index (χ3n) is 6.18. The summed E-state index contributed by atoms with van der Waals surface area (Å²) in [5.41, 5.74) is 1.45. The average molecular weight is 478 g/mol. The van der Waals surface area contributed by atoms with E-state index >= 15 is 0 Å². The van der Waals surface area contributed by atoms with E-state index in [1.165, 1.54) is 18.2 Å². The molecule has 35 heavy (non-hydrogen) atoms. The molecule has 0 aliphatic carbocycles. The lowest BCUT2D eigenvalue weighted by Crippen LogP contribution is -2.49. The van der Waals surface area contributed by atoms with Crippen LogP contribution in [-0.2, 0) is 0 Å². The molecule has 9 heteroatoms. The lowest BCUT2D eigenvalue weighted by molar-refractivity contribution is 0.0742. The predicted molar refractivity (Wildman–Crippen MR) is 131 cm³/mol. The van der Waals surface area contributed by atoms with Crippen LogP contribution in [-0.4, -0.2) is 76.2 Å². The highest BCUT2D eigenvalue weighted by Gasteiger charge is 2.24. The monoisotopic (exact) mass is 477 g/mol. The average Bonchev–Trinajstić information content (AvgIpc) is 2.89. The zero-order chi connectivity index (χ0) is 24.9. The molecule has 8 nitrogen and oxygen atoms in total. The van der Waals surface area contributed by atoms with Crippen molar-refractivity contribution in [3.8, 4) is 16.9 Å². The Hall–Kier alpha value is -4.01. The third kappa shape index (κ3) is 5.24. The van der Waals surface area contributed by atoms with E-state index in [2.05, 4.69) is 10.2 Å². The Morgan fingerprint density at radius 3 is 2.31 bits per heavy atom. The molecule has 1 fully saturated rings. The Labute approximate surface area is 203 Å². The summed E-state index contributed by atoms with van der Waals surface area (Å²) in [7, 11) is 0. The van der Waals surface area contributed by atoms with Gasteiger partial charge in [-0.05, 0) is 55.8 Å². The molecule has 0 saturated carbocycles. The van der Waals surface area contributed by atoms with Crippen molar-refractivity contribution in [3.05, 3.63) is 71.7 Å². The summed E-state index contributed by atoms with van der Waals surface area (Å²) in [4.78, 5) is 30.8. The van der Waals surface area contributed by atoms with Crippen LogP contribution >= 0.6 is 0 Å². The number of aromatic nitrogens is 2. The quantitative estimate of drug-likeness (QED) is 0.585. The van der Waals surface area contributed by atoms with E-state index in [9.17, 15) is 19.1 Å². The van der Waals surface area contributed by atoms with E-state index in [4.69, 9.17) is 0 Å². The van der Waals surface area contributed by atoms with Crippen LogP contribution in [0.5, 0.6) is 5.75 Å².